The molecule has 11 heteroatoms. The molecule has 30 heavy (non-hydrogen) atoms. The number of alkyl halides is 2. The third-order valence-electron chi connectivity index (χ3n) is 3.86. The van der Waals surface area contributed by atoms with Gasteiger partial charge in [0.25, 0.3) is 0 Å². The fourth-order valence-electron chi connectivity index (χ4n) is 2.46. The Balaban J connectivity index is 2.57. The van der Waals surface area contributed by atoms with Gasteiger partial charge in [-0.05, 0) is 35.6 Å². The zero-order valence-electron chi connectivity index (χ0n) is 15.7. The molecule has 0 aliphatic carbocycles. The van der Waals surface area contributed by atoms with E-state index in [1.165, 1.54) is 6.92 Å². The first-order chi connectivity index (χ1) is 14.1. The molecule has 1 aromatic carbocycles. The fraction of sp³-hybridized carbons (Fsp3) is 0.263. The van der Waals surface area contributed by atoms with E-state index in [2.05, 4.69) is 38.9 Å². The number of halogens is 4. The number of tetrazole rings is 1. The predicted octanol–water partition coefficient (Wildman–Crippen LogP) is 2.00. The van der Waals surface area contributed by atoms with Gasteiger partial charge in [-0.15, -0.1) is 5.10 Å². The standard InChI is InChI=1S/C19H17F4N5O2/c1-3-17(24-9-5-4-6-13(2)29)19(22,23)18(30,11-28-12-25-26-27-28)15-8-7-14(20)10-16(15)21/h3,5,7-10,12-13,29-30H,1,11H2,2H3/b9-5+,24-17?. The Bertz CT molecular complexity index is 1010. The quantitative estimate of drug-likeness (QED) is 0.404. The van der Waals surface area contributed by atoms with Crippen LogP contribution in [0, 0.1) is 23.5 Å². The first kappa shape index (κ1) is 22.9. The Morgan fingerprint density at radius 3 is 2.70 bits per heavy atom. The second-order valence-electron chi connectivity index (χ2n) is 6.07. The van der Waals surface area contributed by atoms with Crippen molar-refractivity contribution in [2.24, 2.45) is 4.99 Å². The molecule has 0 radical (unpaired) electrons. The summed E-state index contributed by atoms with van der Waals surface area (Å²) in [6, 6.07) is 1.80. The van der Waals surface area contributed by atoms with Crippen molar-refractivity contribution in [1.82, 2.24) is 20.2 Å². The molecule has 0 saturated heterocycles. The van der Waals surface area contributed by atoms with Crippen LogP contribution in [0.25, 0.3) is 0 Å². The maximum absolute atomic E-state index is 15.4. The van der Waals surface area contributed by atoms with Gasteiger partial charge >= 0.3 is 5.92 Å². The normalized spacial score (nSPS) is 15.4. The molecule has 0 amide bonds. The van der Waals surface area contributed by atoms with Crippen LogP contribution < -0.4 is 0 Å². The molecule has 2 atom stereocenters. The average molecular weight is 423 g/mol. The van der Waals surface area contributed by atoms with Gasteiger partial charge in [0.05, 0.1) is 6.54 Å². The van der Waals surface area contributed by atoms with Gasteiger partial charge in [0.1, 0.15) is 29.8 Å². The highest BCUT2D eigenvalue weighted by atomic mass is 19.3. The highest BCUT2D eigenvalue weighted by Gasteiger charge is 2.58. The molecule has 2 aromatic rings. The van der Waals surface area contributed by atoms with E-state index >= 15 is 8.78 Å². The highest BCUT2D eigenvalue weighted by molar-refractivity contribution is 6.01. The van der Waals surface area contributed by atoms with Crippen LogP contribution in [-0.2, 0) is 12.1 Å². The lowest BCUT2D eigenvalue weighted by atomic mass is 9.84. The van der Waals surface area contributed by atoms with E-state index < -0.39 is 47.1 Å². The Hall–Kier alpha value is -3.36. The first-order valence-electron chi connectivity index (χ1n) is 8.43. The van der Waals surface area contributed by atoms with Crippen LogP contribution >= 0.6 is 0 Å². The van der Waals surface area contributed by atoms with Crippen molar-refractivity contribution in [2.75, 3.05) is 0 Å². The van der Waals surface area contributed by atoms with Crippen molar-refractivity contribution in [3.05, 3.63) is 66.7 Å². The molecule has 1 heterocycles. The minimum Gasteiger partial charge on any atom is -0.381 e. The average Bonchev–Trinajstić information content (AvgIpc) is 3.16. The van der Waals surface area contributed by atoms with Crippen LogP contribution in [-0.4, -0.2) is 48.2 Å². The smallest absolute Gasteiger partial charge is 0.323 e. The van der Waals surface area contributed by atoms with Crippen LogP contribution in [0.1, 0.15) is 12.5 Å². The largest absolute Gasteiger partial charge is 0.381 e. The number of aromatic nitrogens is 4. The number of rotatable bonds is 7. The number of nitrogens with zero attached hydrogens (tertiary/aromatic N) is 5. The molecule has 7 nitrogen and oxygen atoms in total. The maximum atomic E-state index is 15.4. The topological polar surface area (TPSA) is 96.4 Å². The third-order valence-corrected chi connectivity index (χ3v) is 3.86. The van der Waals surface area contributed by atoms with Gasteiger partial charge in [-0.25, -0.2) is 13.5 Å². The lowest BCUT2D eigenvalue weighted by Crippen LogP contribution is -2.53. The summed E-state index contributed by atoms with van der Waals surface area (Å²) >= 11 is 0. The van der Waals surface area contributed by atoms with Crippen molar-refractivity contribution in [3.63, 3.8) is 0 Å². The molecule has 2 unspecified atom stereocenters. The lowest BCUT2D eigenvalue weighted by molar-refractivity contribution is -0.154. The maximum Gasteiger partial charge on any atom is 0.323 e. The summed E-state index contributed by atoms with van der Waals surface area (Å²) in [6.07, 6.45) is 2.68. The summed E-state index contributed by atoms with van der Waals surface area (Å²) in [5.74, 6) is -1.90. The molecule has 0 bridgehead atoms. The molecule has 0 aliphatic heterocycles. The summed E-state index contributed by atoms with van der Waals surface area (Å²) in [5.41, 5.74) is -5.17. The SMILES string of the molecule is C=CC(=N/C=C/C#CC(C)O)C(F)(F)C(O)(Cn1cnnn1)c1ccc(F)cc1F. The van der Waals surface area contributed by atoms with Gasteiger partial charge in [-0.1, -0.05) is 18.4 Å². The molecule has 0 fully saturated rings. The molecular weight excluding hydrogens is 406 g/mol. The van der Waals surface area contributed by atoms with Crippen LogP contribution in [0.3, 0.4) is 0 Å². The number of hydrogen-bond acceptors (Lipinski definition) is 6. The molecule has 2 rings (SSSR count). The molecule has 0 spiro atoms. The van der Waals surface area contributed by atoms with Crippen molar-refractivity contribution >= 4 is 5.71 Å². The molecule has 2 N–H and O–H groups in total. The second kappa shape index (κ2) is 9.43. The van der Waals surface area contributed by atoms with Crippen molar-refractivity contribution in [3.8, 4) is 11.8 Å². The van der Waals surface area contributed by atoms with Crippen molar-refractivity contribution in [1.29, 1.82) is 0 Å². The Morgan fingerprint density at radius 2 is 2.13 bits per heavy atom. The summed E-state index contributed by atoms with van der Waals surface area (Å²) in [5, 5.41) is 30.0. The molecular formula is C19H17F4N5O2. The van der Waals surface area contributed by atoms with Crippen LogP contribution in [0.2, 0.25) is 0 Å². The van der Waals surface area contributed by atoms with E-state index in [0.717, 1.165) is 29.4 Å². The highest BCUT2D eigenvalue weighted by Crippen LogP contribution is 2.41. The molecule has 158 valence electrons. The van der Waals surface area contributed by atoms with Crippen LogP contribution in [0.15, 0.2) is 54.4 Å². The number of allylic oxidation sites excluding steroid dienone is 2. The summed E-state index contributed by atoms with van der Waals surface area (Å²) in [6.45, 7) is 3.69. The number of benzene rings is 1. The van der Waals surface area contributed by atoms with E-state index in [1.807, 2.05) is 0 Å². The van der Waals surface area contributed by atoms with Gasteiger partial charge < -0.3 is 10.2 Å². The van der Waals surface area contributed by atoms with Crippen molar-refractivity contribution in [2.45, 2.75) is 31.1 Å². The molecule has 0 saturated carbocycles. The number of aliphatic hydroxyl groups excluding tert-OH is 1. The second-order valence-corrected chi connectivity index (χ2v) is 6.07. The number of aliphatic hydroxyl groups is 2. The Morgan fingerprint density at radius 1 is 1.40 bits per heavy atom. The van der Waals surface area contributed by atoms with E-state index in [1.54, 1.807) is 0 Å². The van der Waals surface area contributed by atoms with Crippen LogP contribution in [0.4, 0.5) is 17.6 Å². The minimum atomic E-state index is -4.22. The van der Waals surface area contributed by atoms with E-state index in [-0.39, 0.29) is 0 Å². The monoisotopic (exact) mass is 423 g/mol. The minimum absolute atomic E-state index is 0.367. The van der Waals surface area contributed by atoms with E-state index in [0.29, 0.717) is 18.2 Å². The van der Waals surface area contributed by atoms with Crippen LogP contribution in [0.5, 0.6) is 0 Å². The van der Waals surface area contributed by atoms with Gasteiger partial charge in [0.2, 0.25) is 0 Å². The zero-order chi connectivity index (χ0) is 22.4. The lowest BCUT2D eigenvalue weighted by Gasteiger charge is -2.36. The van der Waals surface area contributed by atoms with Gasteiger partial charge in [-0.3, -0.25) is 4.99 Å². The number of aliphatic imine (C=N–C) groups is 1. The van der Waals surface area contributed by atoms with Gasteiger partial charge in [0.15, 0.2) is 5.60 Å². The predicted molar refractivity (Wildman–Crippen MR) is 99.2 cm³/mol. The van der Waals surface area contributed by atoms with Gasteiger partial charge in [-0.2, -0.15) is 8.78 Å². The number of hydrogen-bond donors (Lipinski definition) is 2. The summed E-state index contributed by atoms with van der Waals surface area (Å²) in [7, 11) is 0. The summed E-state index contributed by atoms with van der Waals surface area (Å²) in [4.78, 5) is 3.55. The third kappa shape index (κ3) is 4.97. The Kier molecular flexibility index (Phi) is 7.20. The molecule has 0 aliphatic rings. The van der Waals surface area contributed by atoms with E-state index in [9.17, 15) is 13.9 Å². The summed E-state index contributed by atoms with van der Waals surface area (Å²) < 4.78 is 59.3. The molecule has 1 aromatic heterocycles. The van der Waals surface area contributed by atoms with E-state index in [4.69, 9.17) is 5.11 Å². The first-order valence-corrected chi connectivity index (χ1v) is 8.43. The zero-order valence-corrected chi connectivity index (χ0v) is 15.7. The fourth-order valence-corrected chi connectivity index (χ4v) is 2.46. The Labute approximate surface area is 169 Å². The van der Waals surface area contributed by atoms with Crippen molar-refractivity contribution < 1.29 is 27.8 Å². The van der Waals surface area contributed by atoms with Gasteiger partial charge in [0, 0.05) is 23.9 Å².